The van der Waals surface area contributed by atoms with E-state index in [1.165, 1.54) is 11.8 Å². The van der Waals surface area contributed by atoms with Crippen LogP contribution in [0, 0.1) is 0 Å². The molecule has 0 aromatic heterocycles. The molecule has 2 rings (SSSR count). The van der Waals surface area contributed by atoms with E-state index in [1.807, 2.05) is 18.2 Å². The maximum atomic E-state index is 11.5. The SMILES string of the molecule is CC(c1ccc(S(C)(=O)=O)cc1)N(C)CCCc1ccccc1. The number of benzene rings is 2. The lowest BCUT2D eigenvalue weighted by atomic mass is 10.1. The number of rotatable bonds is 7. The van der Waals surface area contributed by atoms with Crippen LogP contribution < -0.4 is 0 Å². The van der Waals surface area contributed by atoms with Gasteiger partial charge in [-0.05, 0) is 56.6 Å². The summed E-state index contributed by atoms with van der Waals surface area (Å²) in [4.78, 5) is 2.68. The van der Waals surface area contributed by atoms with Crippen LogP contribution in [0.3, 0.4) is 0 Å². The van der Waals surface area contributed by atoms with Crippen LogP contribution in [0.25, 0.3) is 0 Å². The molecule has 0 bridgehead atoms. The van der Waals surface area contributed by atoms with Gasteiger partial charge in [0.15, 0.2) is 9.84 Å². The Morgan fingerprint density at radius 2 is 1.61 bits per heavy atom. The lowest BCUT2D eigenvalue weighted by Crippen LogP contribution is -2.24. The van der Waals surface area contributed by atoms with E-state index in [1.54, 1.807) is 12.1 Å². The monoisotopic (exact) mass is 331 g/mol. The van der Waals surface area contributed by atoms with Crippen molar-refractivity contribution in [3.8, 4) is 0 Å². The van der Waals surface area contributed by atoms with Crippen LogP contribution in [0.4, 0.5) is 0 Å². The molecule has 3 nitrogen and oxygen atoms in total. The maximum Gasteiger partial charge on any atom is 0.175 e. The third kappa shape index (κ3) is 5.19. The van der Waals surface area contributed by atoms with Gasteiger partial charge in [0.05, 0.1) is 4.90 Å². The quantitative estimate of drug-likeness (QED) is 0.776. The fourth-order valence-corrected chi connectivity index (χ4v) is 3.25. The van der Waals surface area contributed by atoms with Gasteiger partial charge in [0.25, 0.3) is 0 Å². The number of nitrogens with zero attached hydrogens (tertiary/aromatic N) is 1. The van der Waals surface area contributed by atoms with Gasteiger partial charge >= 0.3 is 0 Å². The van der Waals surface area contributed by atoms with Crippen LogP contribution in [0.5, 0.6) is 0 Å². The lowest BCUT2D eigenvalue weighted by molar-refractivity contribution is 0.258. The van der Waals surface area contributed by atoms with E-state index in [9.17, 15) is 8.42 Å². The zero-order chi connectivity index (χ0) is 16.9. The standard InChI is InChI=1S/C19H25NO2S/c1-16(18-11-13-19(14-12-18)23(3,21)22)20(2)15-7-10-17-8-5-4-6-9-17/h4-6,8-9,11-14,16H,7,10,15H2,1-3H3. The molecule has 0 aliphatic heterocycles. The molecule has 0 aliphatic rings. The number of sulfone groups is 1. The van der Waals surface area contributed by atoms with Crippen molar-refractivity contribution in [3.63, 3.8) is 0 Å². The molecule has 0 spiro atoms. The topological polar surface area (TPSA) is 37.4 Å². The molecule has 1 unspecified atom stereocenters. The molecule has 2 aromatic carbocycles. The summed E-state index contributed by atoms with van der Waals surface area (Å²) in [5.74, 6) is 0. The van der Waals surface area contributed by atoms with E-state index in [-0.39, 0.29) is 6.04 Å². The van der Waals surface area contributed by atoms with Crippen molar-refractivity contribution >= 4 is 9.84 Å². The highest BCUT2D eigenvalue weighted by molar-refractivity contribution is 7.90. The summed E-state index contributed by atoms with van der Waals surface area (Å²) in [7, 11) is -1.01. The second kappa shape index (κ2) is 7.75. The summed E-state index contributed by atoms with van der Waals surface area (Å²) in [6.07, 6.45) is 3.42. The van der Waals surface area contributed by atoms with Crippen LogP contribution in [0.1, 0.15) is 30.5 Å². The molecule has 0 aliphatic carbocycles. The van der Waals surface area contributed by atoms with Gasteiger partial charge in [-0.3, -0.25) is 4.90 Å². The summed E-state index contributed by atoms with van der Waals surface area (Å²) in [6, 6.07) is 18.0. The predicted molar refractivity (Wildman–Crippen MR) is 95.4 cm³/mol. The Morgan fingerprint density at radius 1 is 1.00 bits per heavy atom. The molecule has 2 aromatic rings. The zero-order valence-corrected chi connectivity index (χ0v) is 14.9. The maximum absolute atomic E-state index is 11.5. The normalized spacial score (nSPS) is 13.2. The molecular weight excluding hydrogens is 306 g/mol. The van der Waals surface area contributed by atoms with Gasteiger partial charge in [-0.1, -0.05) is 42.5 Å². The van der Waals surface area contributed by atoms with Crippen molar-refractivity contribution in [3.05, 3.63) is 65.7 Å². The van der Waals surface area contributed by atoms with E-state index < -0.39 is 9.84 Å². The van der Waals surface area contributed by atoms with Gasteiger partial charge in [0.2, 0.25) is 0 Å². The summed E-state index contributed by atoms with van der Waals surface area (Å²) >= 11 is 0. The highest BCUT2D eigenvalue weighted by Gasteiger charge is 2.13. The van der Waals surface area contributed by atoms with E-state index >= 15 is 0 Å². The van der Waals surface area contributed by atoms with Crippen LogP contribution in [0.15, 0.2) is 59.5 Å². The average Bonchev–Trinajstić information content (AvgIpc) is 2.54. The fraction of sp³-hybridized carbons (Fsp3) is 0.368. The highest BCUT2D eigenvalue weighted by atomic mass is 32.2. The molecule has 1 atom stereocenters. The first-order valence-corrected chi connectivity index (χ1v) is 9.81. The number of hydrogen-bond acceptors (Lipinski definition) is 3. The number of aryl methyl sites for hydroxylation is 1. The van der Waals surface area contributed by atoms with Crippen molar-refractivity contribution in [1.29, 1.82) is 0 Å². The van der Waals surface area contributed by atoms with Gasteiger partial charge in [-0.15, -0.1) is 0 Å². The minimum Gasteiger partial charge on any atom is -0.300 e. The molecule has 124 valence electrons. The summed E-state index contributed by atoms with van der Waals surface area (Å²) < 4.78 is 23.0. The van der Waals surface area contributed by atoms with Crippen molar-refractivity contribution in [2.75, 3.05) is 19.8 Å². The molecule has 0 saturated carbocycles. The molecule has 0 fully saturated rings. The second-order valence-electron chi connectivity index (χ2n) is 6.09. The Morgan fingerprint density at radius 3 is 2.17 bits per heavy atom. The van der Waals surface area contributed by atoms with Gasteiger partial charge in [0.1, 0.15) is 0 Å². The molecular formula is C19H25NO2S. The first-order chi connectivity index (χ1) is 10.9. The van der Waals surface area contributed by atoms with Crippen LogP contribution in [0.2, 0.25) is 0 Å². The summed E-state index contributed by atoms with van der Waals surface area (Å²) in [5.41, 5.74) is 2.51. The van der Waals surface area contributed by atoms with E-state index in [0.717, 1.165) is 24.9 Å². The van der Waals surface area contributed by atoms with Crippen molar-refractivity contribution < 1.29 is 8.42 Å². The third-order valence-electron chi connectivity index (χ3n) is 4.27. The Kier molecular flexibility index (Phi) is 5.97. The van der Waals surface area contributed by atoms with Gasteiger partial charge < -0.3 is 0 Å². The molecule has 4 heteroatoms. The smallest absolute Gasteiger partial charge is 0.175 e. The first-order valence-electron chi connectivity index (χ1n) is 7.92. The van der Waals surface area contributed by atoms with Crippen LogP contribution in [-0.2, 0) is 16.3 Å². The van der Waals surface area contributed by atoms with Crippen molar-refractivity contribution in [1.82, 2.24) is 4.90 Å². The number of hydrogen-bond donors (Lipinski definition) is 0. The molecule has 0 heterocycles. The van der Waals surface area contributed by atoms with E-state index in [4.69, 9.17) is 0 Å². The fourth-order valence-electron chi connectivity index (χ4n) is 2.62. The van der Waals surface area contributed by atoms with Gasteiger partial charge in [-0.2, -0.15) is 0 Å². The van der Waals surface area contributed by atoms with E-state index in [0.29, 0.717) is 4.90 Å². The molecule has 0 radical (unpaired) electrons. The molecule has 0 amide bonds. The molecule has 0 saturated heterocycles. The zero-order valence-electron chi connectivity index (χ0n) is 14.1. The van der Waals surface area contributed by atoms with Crippen LogP contribution in [-0.4, -0.2) is 33.2 Å². The second-order valence-corrected chi connectivity index (χ2v) is 8.10. The first kappa shape index (κ1) is 17.7. The highest BCUT2D eigenvalue weighted by Crippen LogP contribution is 2.21. The predicted octanol–water partition coefficient (Wildman–Crippen LogP) is 3.72. The minimum absolute atomic E-state index is 0.263. The summed E-state index contributed by atoms with van der Waals surface area (Å²) in [5, 5.41) is 0. The minimum atomic E-state index is -3.12. The van der Waals surface area contributed by atoms with Gasteiger partial charge in [0, 0.05) is 12.3 Å². The molecule has 0 N–H and O–H groups in total. The van der Waals surface area contributed by atoms with Crippen molar-refractivity contribution in [2.45, 2.75) is 30.7 Å². The largest absolute Gasteiger partial charge is 0.300 e. The van der Waals surface area contributed by atoms with Crippen LogP contribution >= 0.6 is 0 Å². The summed E-state index contributed by atoms with van der Waals surface area (Å²) in [6.45, 7) is 3.15. The Balaban J connectivity index is 1.90. The lowest BCUT2D eigenvalue weighted by Gasteiger charge is -2.25. The Labute approximate surface area is 139 Å². The third-order valence-corrected chi connectivity index (χ3v) is 5.40. The van der Waals surface area contributed by atoms with Gasteiger partial charge in [-0.25, -0.2) is 8.42 Å². The Bertz CT molecular complexity index is 709. The van der Waals surface area contributed by atoms with Crippen molar-refractivity contribution in [2.24, 2.45) is 0 Å². The Hall–Kier alpha value is -1.65. The molecule has 23 heavy (non-hydrogen) atoms. The van der Waals surface area contributed by atoms with E-state index in [2.05, 4.69) is 43.1 Å². The average molecular weight is 331 g/mol.